The molecular formula is C15H21N5O2S. The fraction of sp³-hybridized carbons (Fsp3) is 0.467. The van der Waals surface area contributed by atoms with E-state index in [-0.39, 0.29) is 17.8 Å². The first-order valence-corrected chi connectivity index (χ1v) is 8.50. The summed E-state index contributed by atoms with van der Waals surface area (Å²) >= 11 is 1.31. The van der Waals surface area contributed by atoms with Crippen LogP contribution in [0.2, 0.25) is 0 Å². The minimum atomic E-state index is -0.0397. The summed E-state index contributed by atoms with van der Waals surface area (Å²) in [6.45, 7) is 5.24. The molecule has 1 amide bonds. The lowest BCUT2D eigenvalue weighted by Crippen LogP contribution is -2.27. The zero-order valence-electron chi connectivity index (χ0n) is 13.3. The van der Waals surface area contributed by atoms with E-state index < -0.39 is 0 Å². The molecule has 0 bridgehead atoms. The molecule has 0 spiro atoms. The molecule has 0 atom stereocenters. The number of nitrogens with zero attached hydrogens (tertiary/aromatic N) is 4. The van der Waals surface area contributed by atoms with Crippen molar-refractivity contribution in [2.75, 3.05) is 18.9 Å². The summed E-state index contributed by atoms with van der Waals surface area (Å²) in [5.41, 5.74) is 0.867. The maximum absolute atomic E-state index is 11.8. The number of benzene rings is 1. The monoisotopic (exact) mass is 335 g/mol. The van der Waals surface area contributed by atoms with Gasteiger partial charge >= 0.3 is 0 Å². The molecule has 2 rings (SSSR count). The Morgan fingerprint density at radius 1 is 1.35 bits per heavy atom. The van der Waals surface area contributed by atoms with Gasteiger partial charge in [0.1, 0.15) is 0 Å². The van der Waals surface area contributed by atoms with Crippen LogP contribution in [0.1, 0.15) is 20.3 Å². The highest BCUT2D eigenvalue weighted by molar-refractivity contribution is 7.99. The van der Waals surface area contributed by atoms with Gasteiger partial charge in [-0.2, -0.15) is 4.68 Å². The van der Waals surface area contributed by atoms with Crippen LogP contribution < -0.4 is 5.32 Å². The number of tetrazole rings is 1. The van der Waals surface area contributed by atoms with E-state index in [4.69, 9.17) is 4.74 Å². The SMILES string of the molecule is CC(C)OCCCNC(=O)CSc1nnnn1-c1ccccc1. The highest BCUT2D eigenvalue weighted by Crippen LogP contribution is 2.17. The summed E-state index contributed by atoms with van der Waals surface area (Å²) < 4.78 is 7.04. The molecule has 0 fully saturated rings. The minimum absolute atomic E-state index is 0.0397. The zero-order chi connectivity index (χ0) is 16.5. The van der Waals surface area contributed by atoms with E-state index in [9.17, 15) is 4.79 Å². The molecule has 7 nitrogen and oxygen atoms in total. The third kappa shape index (κ3) is 5.99. The van der Waals surface area contributed by atoms with Crippen molar-refractivity contribution in [3.8, 4) is 5.69 Å². The number of thioether (sulfide) groups is 1. The number of ether oxygens (including phenoxy) is 1. The van der Waals surface area contributed by atoms with Crippen LogP contribution in [0.3, 0.4) is 0 Å². The molecule has 0 aliphatic carbocycles. The van der Waals surface area contributed by atoms with Crippen molar-refractivity contribution in [3.05, 3.63) is 30.3 Å². The average molecular weight is 335 g/mol. The lowest BCUT2D eigenvalue weighted by molar-refractivity contribution is -0.118. The van der Waals surface area contributed by atoms with Crippen LogP contribution in [0.5, 0.6) is 0 Å². The second-order valence-electron chi connectivity index (χ2n) is 5.12. The van der Waals surface area contributed by atoms with Gasteiger partial charge in [-0.05, 0) is 42.8 Å². The Morgan fingerprint density at radius 3 is 2.87 bits per heavy atom. The van der Waals surface area contributed by atoms with Gasteiger partial charge in [0.25, 0.3) is 0 Å². The molecule has 1 heterocycles. The van der Waals surface area contributed by atoms with E-state index in [1.54, 1.807) is 4.68 Å². The molecule has 1 N–H and O–H groups in total. The smallest absolute Gasteiger partial charge is 0.230 e. The quantitative estimate of drug-likeness (QED) is 0.555. The second kappa shape index (κ2) is 9.26. The molecule has 2 aromatic rings. The Bertz CT molecular complexity index is 603. The Hall–Kier alpha value is -1.93. The third-order valence-electron chi connectivity index (χ3n) is 2.87. The molecule has 0 unspecified atom stereocenters. The van der Waals surface area contributed by atoms with Crippen molar-refractivity contribution in [2.24, 2.45) is 0 Å². The van der Waals surface area contributed by atoms with Crippen molar-refractivity contribution in [3.63, 3.8) is 0 Å². The van der Waals surface area contributed by atoms with E-state index in [1.165, 1.54) is 11.8 Å². The number of nitrogens with one attached hydrogen (secondary N) is 1. The number of amides is 1. The van der Waals surface area contributed by atoms with Gasteiger partial charge in [-0.25, -0.2) is 0 Å². The Morgan fingerprint density at radius 2 is 2.13 bits per heavy atom. The summed E-state index contributed by atoms with van der Waals surface area (Å²) in [4.78, 5) is 11.8. The third-order valence-corrected chi connectivity index (χ3v) is 3.79. The molecule has 0 saturated carbocycles. The van der Waals surface area contributed by atoms with E-state index in [0.29, 0.717) is 18.3 Å². The number of aromatic nitrogens is 4. The first-order valence-electron chi connectivity index (χ1n) is 7.51. The highest BCUT2D eigenvalue weighted by Gasteiger charge is 2.11. The predicted octanol–water partition coefficient (Wildman–Crippen LogP) is 1.69. The number of para-hydroxylation sites is 1. The Balaban J connectivity index is 1.74. The molecule has 0 aliphatic heterocycles. The molecule has 0 radical (unpaired) electrons. The lowest BCUT2D eigenvalue weighted by Gasteiger charge is -2.08. The summed E-state index contributed by atoms with van der Waals surface area (Å²) in [5.74, 6) is 0.236. The second-order valence-corrected chi connectivity index (χ2v) is 6.06. The maximum Gasteiger partial charge on any atom is 0.230 e. The van der Waals surface area contributed by atoms with Crippen LogP contribution in [0, 0.1) is 0 Å². The average Bonchev–Trinajstić information content (AvgIpc) is 3.01. The van der Waals surface area contributed by atoms with Gasteiger partial charge in [0.05, 0.1) is 17.5 Å². The topological polar surface area (TPSA) is 81.9 Å². The predicted molar refractivity (Wildman–Crippen MR) is 88.6 cm³/mol. The lowest BCUT2D eigenvalue weighted by atomic mass is 10.3. The van der Waals surface area contributed by atoms with Crippen LogP contribution >= 0.6 is 11.8 Å². The van der Waals surface area contributed by atoms with Crippen molar-refractivity contribution >= 4 is 17.7 Å². The van der Waals surface area contributed by atoms with Crippen LogP contribution in [0.4, 0.5) is 0 Å². The maximum atomic E-state index is 11.8. The van der Waals surface area contributed by atoms with Crippen molar-refractivity contribution in [2.45, 2.75) is 31.5 Å². The molecule has 124 valence electrons. The fourth-order valence-electron chi connectivity index (χ4n) is 1.80. The molecule has 1 aromatic carbocycles. The van der Waals surface area contributed by atoms with Gasteiger partial charge in [-0.1, -0.05) is 30.0 Å². The Labute approximate surface area is 139 Å². The standard InChI is InChI=1S/C15H21N5O2S/c1-12(2)22-10-6-9-16-14(21)11-23-15-17-18-19-20(15)13-7-4-3-5-8-13/h3-5,7-8,12H,6,9-11H2,1-2H3,(H,16,21). The highest BCUT2D eigenvalue weighted by atomic mass is 32.2. The van der Waals surface area contributed by atoms with Gasteiger partial charge in [-0.3, -0.25) is 4.79 Å². The summed E-state index contributed by atoms with van der Waals surface area (Å²) in [5, 5.41) is 15.0. The first-order chi connectivity index (χ1) is 11.2. The van der Waals surface area contributed by atoms with Gasteiger partial charge in [0, 0.05) is 13.2 Å². The normalized spacial score (nSPS) is 10.9. The van der Waals surface area contributed by atoms with E-state index >= 15 is 0 Å². The summed E-state index contributed by atoms with van der Waals surface area (Å²) in [7, 11) is 0. The van der Waals surface area contributed by atoms with Crippen molar-refractivity contribution in [1.29, 1.82) is 0 Å². The molecule has 8 heteroatoms. The van der Waals surface area contributed by atoms with E-state index in [1.807, 2.05) is 44.2 Å². The zero-order valence-corrected chi connectivity index (χ0v) is 14.1. The van der Waals surface area contributed by atoms with E-state index in [2.05, 4.69) is 20.8 Å². The summed E-state index contributed by atoms with van der Waals surface area (Å²) in [6, 6.07) is 9.58. The summed E-state index contributed by atoms with van der Waals surface area (Å²) in [6.07, 6.45) is 1.02. The first kappa shape index (κ1) is 17.4. The van der Waals surface area contributed by atoms with Gasteiger partial charge in [-0.15, -0.1) is 5.10 Å². The van der Waals surface area contributed by atoms with Crippen LogP contribution in [0.25, 0.3) is 5.69 Å². The molecule has 23 heavy (non-hydrogen) atoms. The molecular weight excluding hydrogens is 314 g/mol. The van der Waals surface area contributed by atoms with Gasteiger partial charge in [0.15, 0.2) is 0 Å². The number of hydrogen-bond donors (Lipinski definition) is 1. The van der Waals surface area contributed by atoms with Gasteiger partial charge in [0.2, 0.25) is 11.1 Å². The van der Waals surface area contributed by atoms with Gasteiger partial charge < -0.3 is 10.1 Å². The van der Waals surface area contributed by atoms with Crippen LogP contribution in [-0.2, 0) is 9.53 Å². The molecule has 0 saturated heterocycles. The van der Waals surface area contributed by atoms with Crippen LogP contribution in [-0.4, -0.2) is 51.1 Å². The fourth-order valence-corrected chi connectivity index (χ4v) is 2.52. The minimum Gasteiger partial charge on any atom is -0.379 e. The number of rotatable bonds is 9. The number of carbonyl (C=O) groups excluding carboxylic acids is 1. The van der Waals surface area contributed by atoms with Crippen molar-refractivity contribution < 1.29 is 9.53 Å². The van der Waals surface area contributed by atoms with E-state index in [0.717, 1.165) is 12.1 Å². The molecule has 0 aliphatic rings. The Kier molecular flexibility index (Phi) is 7.02. The molecule has 1 aromatic heterocycles. The van der Waals surface area contributed by atoms with Crippen LogP contribution in [0.15, 0.2) is 35.5 Å². The number of carbonyl (C=O) groups is 1. The number of hydrogen-bond acceptors (Lipinski definition) is 6. The largest absolute Gasteiger partial charge is 0.379 e. The van der Waals surface area contributed by atoms with Crippen molar-refractivity contribution in [1.82, 2.24) is 25.5 Å².